The van der Waals surface area contributed by atoms with Gasteiger partial charge in [-0.2, -0.15) is 5.10 Å². The number of likely N-dealkylation sites (tertiary alicyclic amines) is 1. The van der Waals surface area contributed by atoms with E-state index in [4.69, 9.17) is 10.3 Å². The number of hydrogen-bond acceptors (Lipinski definition) is 5. The molecule has 1 saturated carbocycles. The van der Waals surface area contributed by atoms with Crippen molar-refractivity contribution in [2.75, 3.05) is 13.1 Å². The van der Waals surface area contributed by atoms with E-state index >= 15 is 0 Å². The lowest BCUT2D eigenvalue weighted by molar-refractivity contribution is 0.1000. The van der Waals surface area contributed by atoms with Crippen LogP contribution in [0.3, 0.4) is 0 Å². The molecule has 1 aliphatic carbocycles. The summed E-state index contributed by atoms with van der Waals surface area (Å²) in [5.41, 5.74) is 6.73. The molecule has 2 aromatic heterocycles. The molecule has 1 saturated heterocycles. The molecule has 2 N–H and O–H groups in total. The van der Waals surface area contributed by atoms with Gasteiger partial charge in [0.05, 0.1) is 23.5 Å². The molecule has 1 atom stereocenters. The largest absolute Gasteiger partial charge is 0.366 e. The van der Waals surface area contributed by atoms with E-state index in [9.17, 15) is 4.79 Å². The van der Waals surface area contributed by atoms with Gasteiger partial charge >= 0.3 is 0 Å². The summed E-state index contributed by atoms with van der Waals surface area (Å²) in [6.45, 7) is 2.68. The van der Waals surface area contributed by atoms with Crippen LogP contribution in [0.1, 0.15) is 53.0 Å². The lowest BCUT2D eigenvalue weighted by Crippen LogP contribution is -2.21. The monoisotopic (exact) mass is 301 g/mol. The van der Waals surface area contributed by atoms with Crippen LogP contribution in [0.5, 0.6) is 0 Å². The normalized spacial score (nSPS) is 22.3. The van der Waals surface area contributed by atoms with E-state index in [-0.39, 0.29) is 6.04 Å². The number of nitrogens with two attached hydrogens (primary N) is 1. The van der Waals surface area contributed by atoms with Gasteiger partial charge in [-0.25, -0.2) is 0 Å². The molecule has 0 spiro atoms. The van der Waals surface area contributed by atoms with Crippen molar-refractivity contribution < 1.29 is 9.32 Å². The zero-order valence-electron chi connectivity index (χ0n) is 12.3. The van der Waals surface area contributed by atoms with Crippen molar-refractivity contribution in [2.24, 2.45) is 5.73 Å². The van der Waals surface area contributed by atoms with Crippen LogP contribution in [0.4, 0.5) is 0 Å². The lowest BCUT2D eigenvalue weighted by atomic mass is 10.2. The number of nitrogens with zero attached hydrogens (tertiary/aromatic N) is 4. The van der Waals surface area contributed by atoms with Crippen LogP contribution in [0, 0.1) is 0 Å². The van der Waals surface area contributed by atoms with Crippen LogP contribution < -0.4 is 5.73 Å². The van der Waals surface area contributed by atoms with Crippen molar-refractivity contribution in [2.45, 2.75) is 37.8 Å². The second-order valence-corrected chi connectivity index (χ2v) is 6.25. The van der Waals surface area contributed by atoms with Gasteiger partial charge in [-0.05, 0) is 19.3 Å². The molecule has 116 valence electrons. The fourth-order valence-corrected chi connectivity index (χ4v) is 3.03. The molecule has 0 aromatic carbocycles. The fraction of sp³-hybridized carbons (Fsp3) is 0.533. The molecule has 2 aromatic rings. The molecule has 2 fully saturated rings. The molecule has 3 heterocycles. The molecule has 0 radical (unpaired) electrons. The first-order valence-electron chi connectivity index (χ1n) is 7.71. The van der Waals surface area contributed by atoms with E-state index in [1.54, 1.807) is 6.20 Å². The van der Waals surface area contributed by atoms with E-state index < -0.39 is 5.91 Å². The van der Waals surface area contributed by atoms with E-state index in [1.807, 2.05) is 4.68 Å². The first kappa shape index (κ1) is 13.5. The number of rotatable bonds is 5. The molecule has 7 nitrogen and oxygen atoms in total. The van der Waals surface area contributed by atoms with E-state index in [0.717, 1.165) is 37.5 Å². The SMILES string of the molecule is NC(=O)c1cnn(C2CCN(Cc3cc(C4CC4)on3)C2)c1. The number of hydrogen-bond donors (Lipinski definition) is 1. The molecule has 2 aliphatic rings. The molecule has 1 unspecified atom stereocenters. The van der Waals surface area contributed by atoms with Gasteiger partial charge in [0.1, 0.15) is 5.76 Å². The van der Waals surface area contributed by atoms with E-state index in [1.165, 1.54) is 19.0 Å². The first-order valence-corrected chi connectivity index (χ1v) is 7.71. The highest BCUT2D eigenvalue weighted by Gasteiger charge is 2.29. The Balaban J connectivity index is 1.37. The third kappa shape index (κ3) is 2.64. The summed E-state index contributed by atoms with van der Waals surface area (Å²) in [6.07, 6.45) is 6.72. The van der Waals surface area contributed by atoms with Crippen molar-refractivity contribution in [3.63, 3.8) is 0 Å². The molecule has 4 rings (SSSR count). The Morgan fingerprint density at radius 2 is 2.27 bits per heavy atom. The van der Waals surface area contributed by atoms with Crippen LogP contribution in [-0.4, -0.2) is 38.8 Å². The van der Waals surface area contributed by atoms with Crippen molar-refractivity contribution in [1.82, 2.24) is 19.8 Å². The van der Waals surface area contributed by atoms with Crippen molar-refractivity contribution in [3.05, 3.63) is 35.5 Å². The Labute approximate surface area is 128 Å². The number of carbonyl (C=O) groups is 1. The number of carbonyl (C=O) groups excluding carboxylic acids is 1. The standard InChI is InChI=1S/C15H19N5O2/c16-15(21)11-6-17-20(7-11)13-3-4-19(9-13)8-12-5-14(22-18-12)10-1-2-10/h5-7,10,13H,1-4,8-9H2,(H2,16,21). The Morgan fingerprint density at radius 3 is 3.00 bits per heavy atom. The maximum atomic E-state index is 11.1. The van der Waals surface area contributed by atoms with Crippen molar-refractivity contribution in [3.8, 4) is 0 Å². The summed E-state index contributed by atoms with van der Waals surface area (Å²) in [7, 11) is 0. The predicted octanol–water partition coefficient (Wildman–Crippen LogP) is 1.29. The molecule has 7 heteroatoms. The van der Waals surface area contributed by atoms with Crippen LogP contribution in [0.15, 0.2) is 23.0 Å². The van der Waals surface area contributed by atoms with Crippen LogP contribution >= 0.6 is 0 Å². The van der Waals surface area contributed by atoms with Crippen LogP contribution in [-0.2, 0) is 6.54 Å². The molecule has 22 heavy (non-hydrogen) atoms. The summed E-state index contributed by atoms with van der Waals surface area (Å²) in [5, 5.41) is 8.42. The Morgan fingerprint density at radius 1 is 1.41 bits per heavy atom. The van der Waals surface area contributed by atoms with Gasteiger partial charge in [0.15, 0.2) is 0 Å². The third-order valence-electron chi connectivity index (χ3n) is 4.45. The van der Waals surface area contributed by atoms with Gasteiger partial charge in [-0.15, -0.1) is 0 Å². The average molecular weight is 301 g/mol. The van der Waals surface area contributed by atoms with Crippen LogP contribution in [0.2, 0.25) is 0 Å². The highest BCUT2D eigenvalue weighted by atomic mass is 16.5. The zero-order valence-corrected chi connectivity index (χ0v) is 12.3. The Bertz CT molecular complexity index is 688. The molecular formula is C15H19N5O2. The zero-order chi connectivity index (χ0) is 15.1. The second-order valence-electron chi connectivity index (χ2n) is 6.25. The summed E-state index contributed by atoms with van der Waals surface area (Å²) < 4.78 is 7.24. The quantitative estimate of drug-likeness (QED) is 0.898. The number of amides is 1. The van der Waals surface area contributed by atoms with Crippen molar-refractivity contribution >= 4 is 5.91 Å². The van der Waals surface area contributed by atoms with Crippen LogP contribution in [0.25, 0.3) is 0 Å². The third-order valence-corrected chi connectivity index (χ3v) is 4.45. The molecule has 1 aliphatic heterocycles. The maximum absolute atomic E-state index is 11.1. The van der Waals surface area contributed by atoms with Crippen molar-refractivity contribution in [1.29, 1.82) is 0 Å². The Kier molecular flexibility index (Phi) is 3.22. The summed E-state index contributed by atoms with van der Waals surface area (Å²) in [4.78, 5) is 13.5. The maximum Gasteiger partial charge on any atom is 0.251 e. The van der Waals surface area contributed by atoms with E-state index in [0.29, 0.717) is 11.5 Å². The number of aromatic nitrogens is 3. The van der Waals surface area contributed by atoms with Gasteiger partial charge in [-0.3, -0.25) is 14.4 Å². The van der Waals surface area contributed by atoms with E-state index in [2.05, 4.69) is 21.2 Å². The first-order chi connectivity index (χ1) is 10.7. The summed E-state index contributed by atoms with van der Waals surface area (Å²) in [5.74, 6) is 1.20. The topological polar surface area (TPSA) is 90.2 Å². The molecule has 0 bridgehead atoms. The van der Waals surface area contributed by atoms with Gasteiger partial charge in [0, 0.05) is 37.8 Å². The van der Waals surface area contributed by atoms with Gasteiger partial charge in [0.25, 0.3) is 5.91 Å². The lowest BCUT2D eigenvalue weighted by Gasteiger charge is -2.14. The smallest absolute Gasteiger partial charge is 0.251 e. The highest BCUT2D eigenvalue weighted by Crippen LogP contribution is 2.40. The Hall–Kier alpha value is -2.15. The average Bonchev–Trinajstić information content (AvgIpc) is 2.96. The van der Waals surface area contributed by atoms with Gasteiger partial charge in [-0.1, -0.05) is 5.16 Å². The summed E-state index contributed by atoms with van der Waals surface area (Å²) >= 11 is 0. The van der Waals surface area contributed by atoms with Gasteiger partial charge in [0.2, 0.25) is 0 Å². The molecular weight excluding hydrogens is 282 g/mol. The minimum Gasteiger partial charge on any atom is -0.366 e. The molecule has 1 amide bonds. The highest BCUT2D eigenvalue weighted by molar-refractivity contribution is 5.92. The number of primary amides is 1. The summed E-state index contributed by atoms with van der Waals surface area (Å²) in [6, 6.07) is 2.37. The predicted molar refractivity (Wildman–Crippen MR) is 78.2 cm³/mol. The second kappa shape index (κ2) is 5.24. The minimum atomic E-state index is -0.434. The fourth-order valence-electron chi connectivity index (χ4n) is 3.03. The van der Waals surface area contributed by atoms with Gasteiger partial charge < -0.3 is 10.3 Å². The minimum absolute atomic E-state index is 0.280.